The summed E-state index contributed by atoms with van der Waals surface area (Å²) in [6.07, 6.45) is -3.27. The number of furan rings is 1. The lowest BCUT2D eigenvalue weighted by molar-refractivity contribution is -0.137. The Labute approximate surface area is 175 Å². The number of hydrogen-bond donors (Lipinski definition) is 1. The quantitative estimate of drug-likeness (QED) is 0.432. The van der Waals surface area contributed by atoms with Gasteiger partial charge in [-0.15, -0.1) is 0 Å². The molecule has 0 radical (unpaired) electrons. The van der Waals surface area contributed by atoms with E-state index in [1.165, 1.54) is 31.4 Å². The standard InChI is InChI=1S/C21H17F4NO4S/c1-13-11-16(8-9-17(13)22)31(28,29)19(18-3-2-10-30-18)12-26-20(27)14-4-6-15(7-5-14)21(23,24)25/h2-11,19H,12H2,1H3,(H,26,27)/t19-/m0/s1. The first kappa shape index (κ1) is 22.5. The molecule has 0 aliphatic carbocycles. The van der Waals surface area contributed by atoms with Crippen LogP contribution in [0.25, 0.3) is 0 Å². The maximum atomic E-state index is 13.6. The summed E-state index contributed by atoms with van der Waals surface area (Å²) in [5.41, 5.74) is -0.846. The van der Waals surface area contributed by atoms with E-state index in [1.807, 2.05) is 0 Å². The lowest BCUT2D eigenvalue weighted by Crippen LogP contribution is -2.31. The van der Waals surface area contributed by atoms with Crippen LogP contribution in [0.2, 0.25) is 0 Å². The first-order valence-corrected chi connectivity index (χ1v) is 10.5. The van der Waals surface area contributed by atoms with E-state index in [9.17, 15) is 30.8 Å². The SMILES string of the molecule is Cc1cc(S(=O)(=O)[C@@H](CNC(=O)c2ccc(C(F)(F)F)cc2)c2ccco2)ccc1F. The van der Waals surface area contributed by atoms with Gasteiger partial charge in [-0.3, -0.25) is 4.79 Å². The van der Waals surface area contributed by atoms with Gasteiger partial charge < -0.3 is 9.73 Å². The van der Waals surface area contributed by atoms with Crippen LogP contribution in [0.15, 0.2) is 70.2 Å². The van der Waals surface area contributed by atoms with E-state index in [1.54, 1.807) is 0 Å². The molecule has 3 rings (SSSR count). The maximum Gasteiger partial charge on any atom is 0.416 e. The zero-order chi connectivity index (χ0) is 22.8. The molecule has 164 valence electrons. The van der Waals surface area contributed by atoms with Crippen molar-refractivity contribution in [3.8, 4) is 0 Å². The largest absolute Gasteiger partial charge is 0.468 e. The number of hydrogen-bond acceptors (Lipinski definition) is 4. The fourth-order valence-corrected chi connectivity index (χ4v) is 4.56. The zero-order valence-corrected chi connectivity index (χ0v) is 16.9. The van der Waals surface area contributed by atoms with Crippen LogP contribution in [0.4, 0.5) is 17.6 Å². The minimum atomic E-state index is -4.54. The Kier molecular flexibility index (Phi) is 6.21. The molecule has 0 aliphatic rings. The van der Waals surface area contributed by atoms with Crippen LogP contribution in [0.3, 0.4) is 0 Å². The van der Waals surface area contributed by atoms with Gasteiger partial charge in [-0.05, 0) is 67.1 Å². The molecule has 0 unspecified atom stereocenters. The topological polar surface area (TPSA) is 76.4 Å². The van der Waals surface area contributed by atoms with Crippen molar-refractivity contribution in [3.05, 3.63) is 89.1 Å². The number of alkyl halides is 3. The molecule has 0 saturated carbocycles. The van der Waals surface area contributed by atoms with Crippen molar-refractivity contribution < 1.29 is 35.2 Å². The minimum Gasteiger partial charge on any atom is -0.468 e. The van der Waals surface area contributed by atoms with Gasteiger partial charge in [0.2, 0.25) is 0 Å². The number of carbonyl (C=O) groups is 1. The molecule has 1 heterocycles. The number of benzene rings is 2. The third-order valence-electron chi connectivity index (χ3n) is 4.62. The van der Waals surface area contributed by atoms with Crippen molar-refractivity contribution >= 4 is 15.7 Å². The Morgan fingerprint density at radius 2 is 1.77 bits per heavy atom. The van der Waals surface area contributed by atoms with Crippen LogP contribution in [0, 0.1) is 12.7 Å². The highest BCUT2D eigenvalue weighted by Crippen LogP contribution is 2.31. The van der Waals surface area contributed by atoms with E-state index in [0.29, 0.717) is 0 Å². The molecule has 3 aromatic rings. The third kappa shape index (κ3) is 4.96. The molecule has 0 fully saturated rings. The van der Waals surface area contributed by atoms with Crippen LogP contribution in [0.5, 0.6) is 0 Å². The molecule has 2 aromatic carbocycles. The van der Waals surface area contributed by atoms with Gasteiger partial charge in [0.1, 0.15) is 16.8 Å². The first-order valence-electron chi connectivity index (χ1n) is 8.99. The van der Waals surface area contributed by atoms with Crippen LogP contribution >= 0.6 is 0 Å². The van der Waals surface area contributed by atoms with E-state index >= 15 is 0 Å². The Morgan fingerprint density at radius 3 is 2.32 bits per heavy atom. The molecule has 1 atom stereocenters. The van der Waals surface area contributed by atoms with Crippen molar-refractivity contribution in [1.29, 1.82) is 0 Å². The van der Waals surface area contributed by atoms with Gasteiger partial charge in [0.25, 0.3) is 5.91 Å². The molecule has 1 N–H and O–H groups in total. The summed E-state index contributed by atoms with van der Waals surface area (Å²) in [6.45, 7) is 1.01. The Morgan fingerprint density at radius 1 is 1.10 bits per heavy atom. The van der Waals surface area contributed by atoms with Gasteiger partial charge in [-0.25, -0.2) is 12.8 Å². The number of sulfone groups is 1. The number of amides is 1. The molecule has 0 bridgehead atoms. The average molecular weight is 455 g/mol. The van der Waals surface area contributed by atoms with E-state index in [-0.39, 0.29) is 21.8 Å². The predicted molar refractivity (Wildman–Crippen MR) is 104 cm³/mol. The van der Waals surface area contributed by atoms with Gasteiger partial charge in [0, 0.05) is 12.1 Å². The van der Waals surface area contributed by atoms with Gasteiger partial charge in [-0.2, -0.15) is 13.2 Å². The highest BCUT2D eigenvalue weighted by Gasteiger charge is 2.33. The van der Waals surface area contributed by atoms with Crippen molar-refractivity contribution in [2.75, 3.05) is 6.54 Å². The van der Waals surface area contributed by atoms with Crippen LogP contribution in [-0.2, 0) is 16.0 Å². The Bertz CT molecular complexity index is 1170. The lowest BCUT2D eigenvalue weighted by Gasteiger charge is -2.17. The number of carbonyl (C=O) groups excluding carboxylic acids is 1. The summed E-state index contributed by atoms with van der Waals surface area (Å²) in [5.74, 6) is -1.27. The predicted octanol–water partition coefficient (Wildman–Crippen LogP) is 4.69. The number of halogens is 4. The van der Waals surface area contributed by atoms with Crippen molar-refractivity contribution in [2.24, 2.45) is 0 Å². The smallest absolute Gasteiger partial charge is 0.416 e. The van der Waals surface area contributed by atoms with Crippen LogP contribution < -0.4 is 5.32 Å². The van der Waals surface area contributed by atoms with E-state index in [4.69, 9.17) is 4.42 Å². The van der Waals surface area contributed by atoms with E-state index < -0.39 is 45.1 Å². The monoisotopic (exact) mass is 455 g/mol. The summed E-state index contributed by atoms with van der Waals surface area (Å²) >= 11 is 0. The first-order chi connectivity index (χ1) is 14.5. The van der Waals surface area contributed by atoms with Crippen molar-refractivity contribution in [1.82, 2.24) is 5.32 Å². The third-order valence-corrected chi connectivity index (χ3v) is 6.67. The van der Waals surface area contributed by atoms with Crippen molar-refractivity contribution in [2.45, 2.75) is 23.2 Å². The van der Waals surface area contributed by atoms with Gasteiger partial charge in [0.05, 0.1) is 16.7 Å². The van der Waals surface area contributed by atoms with Gasteiger partial charge in [-0.1, -0.05) is 0 Å². The summed E-state index contributed by atoms with van der Waals surface area (Å²) in [6, 6.07) is 9.74. The molecule has 5 nitrogen and oxygen atoms in total. The molecule has 0 aliphatic heterocycles. The fourth-order valence-electron chi connectivity index (χ4n) is 2.89. The lowest BCUT2D eigenvalue weighted by atomic mass is 10.1. The molecular weight excluding hydrogens is 438 g/mol. The van der Waals surface area contributed by atoms with E-state index in [2.05, 4.69) is 5.32 Å². The summed E-state index contributed by atoms with van der Waals surface area (Å²) in [4.78, 5) is 12.2. The molecule has 1 aromatic heterocycles. The second-order valence-electron chi connectivity index (χ2n) is 6.75. The second-order valence-corrected chi connectivity index (χ2v) is 8.88. The van der Waals surface area contributed by atoms with Gasteiger partial charge in [0.15, 0.2) is 9.84 Å². The molecule has 1 amide bonds. The fraction of sp³-hybridized carbons (Fsp3) is 0.190. The molecule has 0 spiro atoms. The Hall–Kier alpha value is -3.14. The summed E-state index contributed by atoms with van der Waals surface area (Å²) in [7, 11) is -4.09. The van der Waals surface area contributed by atoms with Crippen LogP contribution in [-0.4, -0.2) is 20.9 Å². The summed E-state index contributed by atoms with van der Waals surface area (Å²) in [5, 5.41) is 1.09. The Balaban J connectivity index is 1.84. The van der Waals surface area contributed by atoms with Gasteiger partial charge >= 0.3 is 6.18 Å². The second kappa shape index (κ2) is 8.54. The molecule has 31 heavy (non-hydrogen) atoms. The minimum absolute atomic E-state index is 0.0506. The number of nitrogens with one attached hydrogen (secondary N) is 1. The average Bonchev–Trinajstić information content (AvgIpc) is 3.23. The molecule has 10 heteroatoms. The number of aryl methyl sites for hydroxylation is 1. The maximum absolute atomic E-state index is 13.6. The normalized spacial score (nSPS) is 13.1. The molecule has 0 saturated heterocycles. The highest BCUT2D eigenvalue weighted by molar-refractivity contribution is 7.91. The van der Waals surface area contributed by atoms with Crippen molar-refractivity contribution in [3.63, 3.8) is 0 Å². The zero-order valence-electron chi connectivity index (χ0n) is 16.1. The number of rotatable bonds is 6. The van der Waals surface area contributed by atoms with Crippen LogP contribution in [0.1, 0.15) is 32.5 Å². The van der Waals surface area contributed by atoms with E-state index in [0.717, 1.165) is 36.4 Å². The molecular formula is C21H17F4NO4S. The summed E-state index contributed by atoms with van der Waals surface area (Å²) < 4.78 is 83.1. The highest BCUT2D eigenvalue weighted by atomic mass is 32.2.